The molecule has 8 heteroatoms. The number of rotatable bonds is 4. The smallest absolute Gasteiger partial charge is 0.240 e. The van der Waals surface area contributed by atoms with Crippen molar-refractivity contribution in [3.8, 4) is 6.07 Å². The molecule has 0 fully saturated rings. The number of nitriles is 1. The third kappa shape index (κ3) is 3.76. The number of hydrogen-bond donors (Lipinski definition) is 1. The second-order valence-corrected chi connectivity index (χ2v) is 6.40. The molecule has 0 saturated carbocycles. The summed E-state index contributed by atoms with van der Waals surface area (Å²) in [7, 11) is -3.73. The van der Waals surface area contributed by atoms with Crippen LogP contribution >= 0.6 is 11.6 Å². The van der Waals surface area contributed by atoms with Gasteiger partial charge in [0.2, 0.25) is 10.0 Å². The van der Waals surface area contributed by atoms with Gasteiger partial charge in [-0.05, 0) is 25.1 Å². The molecule has 0 spiro atoms. The number of aryl methyl sites for hydroxylation is 1. The molecule has 1 aromatic carbocycles. The van der Waals surface area contributed by atoms with E-state index in [-0.39, 0.29) is 22.0 Å². The Morgan fingerprint density at radius 1 is 1.33 bits per heavy atom. The Balaban J connectivity index is 2.17. The molecule has 21 heavy (non-hydrogen) atoms. The van der Waals surface area contributed by atoms with Crippen LogP contribution in [-0.4, -0.2) is 18.4 Å². The molecule has 108 valence electrons. The van der Waals surface area contributed by atoms with Crippen LogP contribution in [0.5, 0.6) is 0 Å². The van der Waals surface area contributed by atoms with Crippen molar-refractivity contribution in [1.82, 2.24) is 14.7 Å². The predicted octanol–water partition coefficient (Wildman–Crippen LogP) is 1.79. The third-order valence-electron chi connectivity index (χ3n) is 2.65. The summed E-state index contributed by atoms with van der Waals surface area (Å²) in [5, 5.41) is 8.86. The van der Waals surface area contributed by atoms with Gasteiger partial charge >= 0.3 is 0 Å². The van der Waals surface area contributed by atoms with Gasteiger partial charge < -0.3 is 0 Å². The summed E-state index contributed by atoms with van der Waals surface area (Å²) < 4.78 is 26.7. The first-order chi connectivity index (χ1) is 9.92. The number of sulfonamides is 1. The van der Waals surface area contributed by atoms with Gasteiger partial charge in [-0.1, -0.05) is 11.6 Å². The van der Waals surface area contributed by atoms with Gasteiger partial charge in [-0.25, -0.2) is 13.1 Å². The second kappa shape index (κ2) is 6.18. The molecule has 0 amide bonds. The highest BCUT2D eigenvalue weighted by atomic mass is 35.5. The minimum absolute atomic E-state index is 0.00780. The van der Waals surface area contributed by atoms with Gasteiger partial charge in [0, 0.05) is 6.20 Å². The van der Waals surface area contributed by atoms with Gasteiger partial charge in [0.25, 0.3) is 0 Å². The summed E-state index contributed by atoms with van der Waals surface area (Å²) in [5.74, 6) is 0. The zero-order chi connectivity index (χ0) is 15.5. The Kier molecular flexibility index (Phi) is 4.53. The minimum Gasteiger partial charge on any atom is -0.258 e. The molecule has 2 rings (SSSR count). The Morgan fingerprint density at radius 2 is 2.10 bits per heavy atom. The molecule has 0 unspecified atom stereocenters. The standard InChI is InChI=1S/C13H11ClN4O2S/c1-9-6-17-11(7-16-9)8-18-21(19,20)12-3-2-10(5-15)13(14)4-12/h2-4,6-7,18H,8H2,1H3. The summed E-state index contributed by atoms with van der Waals surface area (Å²) in [6.07, 6.45) is 3.06. The highest BCUT2D eigenvalue weighted by Crippen LogP contribution is 2.20. The van der Waals surface area contributed by atoms with Gasteiger partial charge in [-0.2, -0.15) is 5.26 Å². The van der Waals surface area contributed by atoms with Crippen molar-refractivity contribution >= 4 is 21.6 Å². The van der Waals surface area contributed by atoms with Gasteiger partial charge in [0.15, 0.2) is 0 Å². The van der Waals surface area contributed by atoms with Crippen LogP contribution < -0.4 is 4.72 Å². The lowest BCUT2D eigenvalue weighted by molar-refractivity contribution is 0.580. The molecule has 1 N–H and O–H groups in total. The summed E-state index contributed by atoms with van der Waals surface area (Å²) in [6.45, 7) is 1.81. The fourth-order valence-electron chi connectivity index (χ4n) is 1.52. The number of aromatic nitrogens is 2. The van der Waals surface area contributed by atoms with Crippen LogP contribution in [0.2, 0.25) is 5.02 Å². The molecule has 0 bridgehead atoms. The first kappa shape index (κ1) is 15.4. The maximum absolute atomic E-state index is 12.1. The number of halogens is 1. The van der Waals surface area contributed by atoms with Crippen molar-refractivity contribution in [2.24, 2.45) is 0 Å². The van der Waals surface area contributed by atoms with Crippen LogP contribution in [0.25, 0.3) is 0 Å². The topological polar surface area (TPSA) is 95.7 Å². The number of hydrogen-bond acceptors (Lipinski definition) is 5. The fourth-order valence-corrected chi connectivity index (χ4v) is 2.83. The van der Waals surface area contributed by atoms with E-state index in [9.17, 15) is 8.42 Å². The van der Waals surface area contributed by atoms with Crippen LogP contribution in [0.4, 0.5) is 0 Å². The van der Waals surface area contributed by atoms with Gasteiger partial charge in [-0.3, -0.25) is 9.97 Å². The molecule has 6 nitrogen and oxygen atoms in total. The second-order valence-electron chi connectivity index (χ2n) is 4.23. The summed E-state index contributed by atoms with van der Waals surface area (Å²) >= 11 is 5.83. The lowest BCUT2D eigenvalue weighted by Crippen LogP contribution is -2.23. The molecular weight excluding hydrogens is 312 g/mol. The Hall–Kier alpha value is -2.01. The molecule has 0 aliphatic rings. The average molecular weight is 323 g/mol. The predicted molar refractivity (Wildman–Crippen MR) is 77.0 cm³/mol. The summed E-state index contributed by atoms with van der Waals surface area (Å²) in [6, 6.07) is 5.80. The van der Waals surface area contributed by atoms with E-state index in [0.29, 0.717) is 5.69 Å². The average Bonchev–Trinajstić information content (AvgIpc) is 2.46. The van der Waals surface area contributed by atoms with Crippen molar-refractivity contribution in [3.63, 3.8) is 0 Å². The van der Waals surface area contributed by atoms with Crippen molar-refractivity contribution in [2.45, 2.75) is 18.4 Å². The maximum Gasteiger partial charge on any atom is 0.240 e. The van der Waals surface area contributed by atoms with E-state index in [1.807, 2.05) is 6.07 Å². The molecule has 1 heterocycles. The van der Waals surface area contributed by atoms with E-state index in [2.05, 4.69) is 14.7 Å². The van der Waals surface area contributed by atoms with Crippen molar-refractivity contribution in [1.29, 1.82) is 5.26 Å². The summed E-state index contributed by atoms with van der Waals surface area (Å²) in [4.78, 5) is 8.09. The summed E-state index contributed by atoms with van der Waals surface area (Å²) in [5.41, 5.74) is 1.48. The monoisotopic (exact) mass is 322 g/mol. The zero-order valence-corrected chi connectivity index (χ0v) is 12.6. The Morgan fingerprint density at radius 3 is 2.67 bits per heavy atom. The van der Waals surface area contributed by atoms with Gasteiger partial charge in [0.05, 0.1) is 39.6 Å². The zero-order valence-electron chi connectivity index (χ0n) is 11.0. The van der Waals surface area contributed by atoms with Crippen molar-refractivity contribution in [2.75, 3.05) is 0 Å². The Bertz CT molecular complexity index is 798. The van der Waals surface area contributed by atoms with E-state index >= 15 is 0 Å². The minimum atomic E-state index is -3.73. The molecular formula is C13H11ClN4O2S. The van der Waals surface area contributed by atoms with Gasteiger partial charge in [-0.15, -0.1) is 0 Å². The SMILES string of the molecule is Cc1cnc(CNS(=O)(=O)c2ccc(C#N)c(Cl)c2)cn1. The highest BCUT2D eigenvalue weighted by molar-refractivity contribution is 7.89. The van der Waals surface area contributed by atoms with Crippen LogP contribution in [0.1, 0.15) is 17.0 Å². The Labute approximate surface area is 127 Å². The number of benzene rings is 1. The van der Waals surface area contributed by atoms with Crippen LogP contribution in [0.3, 0.4) is 0 Å². The van der Waals surface area contributed by atoms with Crippen molar-refractivity contribution < 1.29 is 8.42 Å². The van der Waals surface area contributed by atoms with E-state index in [4.69, 9.17) is 16.9 Å². The van der Waals surface area contributed by atoms with Crippen LogP contribution in [0.15, 0.2) is 35.5 Å². The fraction of sp³-hybridized carbons (Fsp3) is 0.154. The maximum atomic E-state index is 12.1. The highest BCUT2D eigenvalue weighted by Gasteiger charge is 2.15. The molecule has 2 aromatic rings. The molecule has 0 saturated heterocycles. The molecule has 0 radical (unpaired) electrons. The lowest BCUT2D eigenvalue weighted by atomic mass is 10.2. The van der Waals surface area contributed by atoms with E-state index in [1.165, 1.54) is 24.4 Å². The van der Waals surface area contributed by atoms with E-state index in [0.717, 1.165) is 5.69 Å². The first-order valence-electron chi connectivity index (χ1n) is 5.89. The van der Waals surface area contributed by atoms with E-state index < -0.39 is 10.0 Å². The molecule has 0 aliphatic heterocycles. The van der Waals surface area contributed by atoms with E-state index in [1.54, 1.807) is 13.1 Å². The van der Waals surface area contributed by atoms with Crippen LogP contribution in [0, 0.1) is 18.3 Å². The molecule has 1 aromatic heterocycles. The van der Waals surface area contributed by atoms with Crippen molar-refractivity contribution in [3.05, 3.63) is 52.6 Å². The third-order valence-corrected chi connectivity index (χ3v) is 4.36. The normalized spacial score (nSPS) is 11.1. The molecule has 0 atom stereocenters. The van der Waals surface area contributed by atoms with Gasteiger partial charge in [0.1, 0.15) is 6.07 Å². The first-order valence-corrected chi connectivity index (χ1v) is 7.75. The number of nitrogens with one attached hydrogen (secondary N) is 1. The van der Waals surface area contributed by atoms with Crippen LogP contribution in [-0.2, 0) is 16.6 Å². The largest absolute Gasteiger partial charge is 0.258 e. The molecule has 0 aliphatic carbocycles. The quantitative estimate of drug-likeness (QED) is 0.925. The number of nitrogens with zero attached hydrogens (tertiary/aromatic N) is 3. The lowest BCUT2D eigenvalue weighted by Gasteiger charge is -2.07.